The van der Waals surface area contributed by atoms with Gasteiger partial charge in [-0.05, 0) is 48.9 Å². The van der Waals surface area contributed by atoms with Gasteiger partial charge < -0.3 is 11.1 Å². The highest BCUT2D eigenvalue weighted by atomic mass is 32.2. The van der Waals surface area contributed by atoms with Crippen molar-refractivity contribution < 1.29 is 23.2 Å². The molecule has 2 aromatic carbocycles. The third-order valence-electron chi connectivity index (χ3n) is 4.09. The van der Waals surface area contributed by atoms with Crippen LogP contribution < -0.4 is 16.5 Å². The van der Waals surface area contributed by atoms with Gasteiger partial charge in [-0.3, -0.25) is 14.8 Å². The van der Waals surface area contributed by atoms with Crippen molar-refractivity contribution >= 4 is 21.7 Å². The zero-order valence-electron chi connectivity index (χ0n) is 16.5. The zero-order chi connectivity index (χ0) is 22.3. The van der Waals surface area contributed by atoms with E-state index in [1.807, 2.05) is 0 Å². The molecule has 0 aliphatic carbocycles. The standard InChI is InChI=1S/C21H23N3O5S/c1-14(22)19(21(26)24-27)23-20(25)18-11-9-16(10-12-18)4-3-15-5-7-17(8-6-15)13-30(2,28)29/h5-12,14,19,27H,13,22H2,1-2H3,(H,23,25)(H,24,26). The minimum Gasteiger partial charge on any atom is -0.339 e. The van der Waals surface area contributed by atoms with Crippen LogP contribution in [0, 0.1) is 11.8 Å². The van der Waals surface area contributed by atoms with E-state index in [9.17, 15) is 18.0 Å². The molecule has 5 N–H and O–H groups in total. The Bertz CT molecular complexity index is 1070. The first-order valence-electron chi connectivity index (χ1n) is 8.98. The summed E-state index contributed by atoms with van der Waals surface area (Å²) in [6.07, 6.45) is 1.18. The third kappa shape index (κ3) is 7.00. The largest absolute Gasteiger partial charge is 0.339 e. The van der Waals surface area contributed by atoms with Gasteiger partial charge in [-0.2, -0.15) is 0 Å². The Morgan fingerprint density at radius 1 is 1.03 bits per heavy atom. The normalized spacial score (nSPS) is 12.8. The molecule has 0 spiro atoms. The van der Waals surface area contributed by atoms with Crippen LogP contribution in [0.5, 0.6) is 0 Å². The molecule has 158 valence electrons. The van der Waals surface area contributed by atoms with Crippen LogP contribution in [-0.4, -0.2) is 43.8 Å². The second kappa shape index (κ2) is 10.0. The van der Waals surface area contributed by atoms with Gasteiger partial charge in [-0.1, -0.05) is 24.0 Å². The van der Waals surface area contributed by atoms with Gasteiger partial charge in [-0.25, -0.2) is 13.9 Å². The van der Waals surface area contributed by atoms with Crippen molar-refractivity contribution in [3.8, 4) is 11.8 Å². The fraction of sp³-hybridized carbons (Fsp3) is 0.238. The molecule has 2 atom stereocenters. The first kappa shape index (κ1) is 23.1. The van der Waals surface area contributed by atoms with Crippen LogP contribution in [0.4, 0.5) is 0 Å². The zero-order valence-corrected chi connectivity index (χ0v) is 17.4. The number of carbonyl (C=O) groups is 2. The highest BCUT2D eigenvalue weighted by molar-refractivity contribution is 7.89. The number of hydroxylamine groups is 1. The minimum absolute atomic E-state index is 0.0199. The van der Waals surface area contributed by atoms with Crippen LogP contribution in [-0.2, 0) is 20.4 Å². The van der Waals surface area contributed by atoms with Crippen molar-refractivity contribution in [2.24, 2.45) is 5.73 Å². The first-order valence-corrected chi connectivity index (χ1v) is 11.0. The molecular weight excluding hydrogens is 406 g/mol. The van der Waals surface area contributed by atoms with E-state index in [1.165, 1.54) is 18.7 Å². The number of hydrogen-bond acceptors (Lipinski definition) is 6. The molecule has 0 saturated heterocycles. The molecule has 0 heterocycles. The lowest BCUT2D eigenvalue weighted by molar-refractivity contribution is -0.131. The molecule has 9 heteroatoms. The van der Waals surface area contributed by atoms with Gasteiger partial charge >= 0.3 is 0 Å². The molecule has 8 nitrogen and oxygen atoms in total. The highest BCUT2D eigenvalue weighted by Gasteiger charge is 2.24. The fourth-order valence-corrected chi connectivity index (χ4v) is 3.36. The molecule has 2 unspecified atom stereocenters. The molecule has 0 saturated carbocycles. The molecule has 0 radical (unpaired) electrons. The van der Waals surface area contributed by atoms with Gasteiger partial charge in [0.15, 0.2) is 9.84 Å². The van der Waals surface area contributed by atoms with E-state index in [0.29, 0.717) is 16.7 Å². The summed E-state index contributed by atoms with van der Waals surface area (Å²) >= 11 is 0. The molecule has 0 fully saturated rings. The Morgan fingerprint density at radius 2 is 1.53 bits per heavy atom. The van der Waals surface area contributed by atoms with Crippen LogP contribution in [0.1, 0.15) is 34.0 Å². The average Bonchev–Trinajstić information content (AvgIpc) is 2.69. The lowest BCUT2D eigenvalue weighted by Crippen LogP contribution is -2.54. The number of hydrogen-bond donors (Lipinski definition) is 4. The van der Waals surface area contributed by atoms with Crippen molar-refractivity contribution in [2.45, 2.75) is 24.8 Å². The first-order chi connectivity index (χ1) is 14.1. The van der Waals surface area contributed by atoms with E-state index in [1.54, 1.807) is 48.5 Å². The van der Waals surface area contributed by atoms with E-state index in [-0.39, 0.29) is 5.75 Å². The predicted octanol–water partition coefficient (Wildman–Crippen LogP) is 0.582. The number of carbonyl (C=O) groups excluding carboxylic acids is 2. The van der Waals surface area contributed by atoms with Gasteiger partial charge in [0.2, 0.25) is 0 Å². The SMILES string of the molecule is CC(N)C(NC(=O)c1ccc(C#Cc2ccc(CS(C)(=O)=O)cc2)cc1)C(=O)NO. The number of sulfone groups is 1. The summed E-state index contributed by atoms with van der Waals surface area (Å²) in [5.41, 5.74) is 9.54. The van der Waals surface area contributed by atoms with Crippen LogP contribution in [0.2, 0.25) is 0 Å². The Kier molecular flexibility index (Phi) is 7.72. The monoisotopic (exact) mass is 429 g/mol. The quantitative estimate of drug-likeness (QED) is 0.301. The molecule has 0 aliphatic rings. The van der Waals surface area contributed by atoms with Crippen molar-refractivity contribution in [3.05, 3.63) is 70.8 Å². The van der Waals surface area contributed by atoms with Crippen LogP contribution in [0.15, 0.2) is 48.5 Å². The van der Waals surface area contributed by atoms with Gasteiger partial charge in [0.1, 0.15) is 6.04 Å². The average molecular weight is 429 g/mol. The summed E-state index contributed by atoms with van der Waals surface area (Å²) in [7, 11) is -3.09. The highest BCUT2D eigenvalue weighted by Crippen LogP contribution is 2.08. The van der Waals surface area contributed by atoms with Gasteiger partial charge in [-0.15, -0.1) is 0 Å². The predicted molar refractivity (Wildman–Crippen MR) is 112 cm³/mol. The number of benzene rings is 2. The van der Waals surface area contributed by atoms with Gasteiger partial charge in [0.25, 0.3) is 11.8 Å². The molecule has 30 heavy (non-hydrogen) atoms. The summed E-state index contributed by atoms with van der Waals surface area (Å²) in [5, 5.41) is 11.2. The topological polar surface area (TPSA) is 139 Å². The molecular formula is C21H23N3O5S. The van der Waals surface area contributed by atoms with E-state index in [4.69, 9.17) is 10.9 Å². The summed E-state index contributed by atoms with van der Waals surface area (Å²) in [5.74, 6) is 4.60. The molecule has 2 amide bonds. The van der Waals surface area contributed by atoms with Gasteiger partial charge in [0.05, 0.1) is 5.75 Å². The summed E-state index contributed by atoms with van der Waals surface area (Å²) < 4.78 is 22.6. The van der Waals surface area contributed by atoms with E-state index in [0.717, 1.165) is 5.56 Å². The fourth-order valence-electron chi connectivity index (χ4n) is 2.57. The van der Waals surface area contributed by atoms with Crippen LogP contribution >= 0.6 is 0 Å². The summed E-state index contributed by atoms with van der Waals surface area (Å²) in [4.78, 5) is 23.9. The molecule has 2 rings (SSSR count). The third-order valence-corrected chi connectivity index (χ3v) is 4.94. The lowest BCUT2D eigenvalue weighted by Gasteiger charge is -2.20. The molecule has 0 aliphatic heterocycles. The second-order valence-corrected chi connectivity index (χ2v) is 9.02. The summed E-state index contributed by atoms with van der Waals surface area (Å²) in [6, 6.07) is 11.6. The maximum Gasteiger partial charge on any atom is 0.267 e. The van der Waals surface area contributed by atoms with Crippen molar-refractivity contribution in [2.75, 3.05) is 6.26 Å². The number of amides is 2. The lowest BCUT2D eigenvalue weighted by atomic mass is 10.1. The Hall–Kier alpha value is -3.19. The van der Waals surface area contributed by atoms with Crippen LogP contribution in [0.3, 0.4) is 0 Å². The van der Waals surface area contributed by atoms with Gasteiger partial charge in [0, 0.05) is 29.0 Å². The number of nitrogens with one attached hydrogen (secondary N) is 2. The maximum absolute atomic E-state index is 12.3. The molecule has 0 aromatic heterocycles. The Morgan fingerprint density at radius 3 is 1.97 bits per heavy atom. The smallest absolute Gasteiger partial charge is 0.267 e. The van der Waals surface area contributed by atoms with Crippen molar-refractivity contribution in [1.82, 2.24) is 10.8 Å². The van der Waals surface area contributed by atoms with Crippen LogP contribution in [0.25, 0.3) is 0 Å². The number of nitrogens with two attached hydrogens (primary N) is 1. The van der Waals surface area contributed by atoms with E-state index in [2.05, 4.69) is 17.2 Å². The molecule has 0 bridgehead atoms. The van der Waals surface area contributed by atoms with E-state index >= 15 is 0 Å². The Labute approximate surface area is 175 Å². The van der Waals surface area contributed by atoms with Crippen molar-refractivity contribution in [1.29, 1.82) is 0 Å². The second-order valence-electron chi connectivity index (χ2n) is 6.88. The Balaban J connectivity index is 2.06. The maximum atomic E-state index is 12.3. The number of rotatable bonds is 6. The van der Waals surface area contributed by atoms with E-state index < -0.39 is 33.7 Å². The molecule has 2 aromatic rings. The van der Waals surface area contributed by atoms with Crippen molar-refractivity contribution in [3.63, 3.8) is 0 Å². The minimum atomic E-state index is -3.09. The summed E-state index contributed by atoms with van der Waals surface area (Å²) in [6.45, 7) is 1.53.